The van der Waals surface area contributed by atoms with Gasteiger partial charge in [0.2, 0.25) is 0 Å². The van der Waals surface area contributed by atoms with Crippen molar-refractivity contribution in [1.29, 1.82) is 0 Å². The maximum atomic E-state index is 12.7. The van der Waals surface area contributed by atoms with E-state index in [0.717, 1.165) is 12.1 Å². The molecule has 0 saturated carbocycles. The molecule has 3 rings (SSSR count). The Morgan fingerprint density at radius 2 is 1.81 bits per heavy atom. The molecule has 0 aromatic heterocycles. The second-order valence-corrected chi connectivity index (χ2v) is 8.44. The van der Waals surface area contributed by atoms with Crippen LogP contribution in [0.3, 0.4) is 0 Å². The quantitative estimate of drug-likeness (QED) is 0.251. The molecule has 0 aliphatic rings. The van der Waals surface area contributed by atoms with E-state index in [1.807, 2.05) is 0 Å². The lowest BCUT2D eigenvalue weighted by Crippen LogP contribution is -2.16. The Kier molecular flexibility index (Phi) is 6.71. The first kappa shape index (κ1) is 22.7. The summed E-state index contributed by atoms with van der Waals surface area (Å²) < 4.78 is 27.6. The number of carboxylic acid groups (broad SMARTS) is 1. The van der Waals surface area contributed by atoms with Crippen molar-refractivity contribution >= 4 is 50.9 Å². The Bertz CT molecular complexity index is 1330. The zero-order valence-corrected chi connectivity index (χ0v) is 17.7. The molecule has 12 heteroatoms. The Labute approximate surface area is 187 Å². The van der Waals surface area contributed by atoms with Crippen LogP contribution < -0.4 is 10.1 Å². The van der Waals surface area contributed by atoms with Gasteiger partial charge in [0.25, 0.3) is 15.7 Å². The Hall–Kier alpha value is -3.96. The van der Waals surface area contributed by atoms with Crippen LogP contribution in [0.2, 0.25) is 5.02 Å². The van der Waals surface area contributed by atoms with Gasteiger partial charge in [-0.1, -0.05) is 35.9 Å². The van der Waals surface area contributed by atoms with Gasteiger partial charge in [-0.05, 0) is 42.0 Å². The number of aromatic carboxylic acids is 1. The van der Waals surface area contributed by atoms with Gasteiger partial charge in [-0.3, -0.25) is 20.3 Å². The maximum Gasteiger partial charge on any atom is 0.337 e. The standard InChI is InChI=1S/C20H15ClN4O6S/c21-14-5-3-4-13(10-14)12-22-23-18-9-8-15(11-19(18)25(28)29)32(30,31)24-17-7-2-1-6-16(17)20(26)27/h1-12,23-24H,(H,26,27)/b22-12+. The SMILES string of the molecule is O=C(O)c1ccccc1NS(=O)(=O)c1ccc(N/N=C/c2cccc(Cl)c2)c([N+](=O)[O-])c1. The van der Waals surface area contributed by atoms with Crippen LogP contribution in [0.5, 0.6) is 0 Å². The lowest BCUT2D eigenvalue weighted by atomic mass is 10.2. The van der Waals surface area contributed by atoms with Crippen LogP contribution in [0.1, 0.15) is 15.9 Å². The van der Waals surface area contributed by atoms with Crippen LogP contribution in [0, 0.1) is 10.1 Å². The molecule has 0 aliphatic heterocycles. The van der Waals surface area contributed by atoms with Gasteiger partial charge in [0.15, 0.2) is 0 Å². The molecule has 3 N–H and O–H groups in total. The number of carbonyl (C=O) groups is 1. The fourth-order valence-electron chi connectivity index (χ4n) is 2.65. The minimum atomic E-state index is -4.31. The van der Waals surface area contributed by atoms with Crippen LogP contribution in [-0.2, 0) is 10.0 Å². The fourth-order valence-corrected chi connectivity index (χ4v) is 3.95. The smallest absolute Gasteiger partial charge is 0.337 e. The van der Waals surface area contributed by atoms with Crippen molar-refractivity contribution in [2.75, 3.05) is 10.1 Å². The zero-order valence-electron chi connectivity index (χ0n) is 16.1. The predicted molar refractivity (Wildman–Crippen MR) is 120 cm³/mol. The van der Waals surface area contributed by atoms with Crippen LogP contribution in [0.15, 0.2) is 76.7 Å². The van der Waals surface area contributed by atoms with Gasteiger partial charge in [0, 0.05) is 11.1 Å². The molecule has 3 aromatic rings. The summed E-state index contributed by atoms with van der Waals surface area (Å²) >= 11 is 5.89. The number of nitro groups is 1. The molecule has 0 atom stereocenters. The second-order valence-electron chi connectivity index (χ2n) is 6.32. The molecule has 0 unspecified atom stereocenters. The van der Waals surface area contributed by atoms with Crippen molar-refractivity contribution in [3.63, 3.8) is 0 Å². The predicted octanol–water partition coefficient (Wildman–Crippen LogP) is 4.19. The highest BCUT2D eigenvalue weighted by Gasteiger charge is 2.23. The summed E-state index contributed by atoms with van der Waals surface area (Å²) in [4.78, 5) is 21.6. The van der Waals surface area contributed by atoms with E-state index in [0.29, 0.717) is 10.6 Å². The topological polar surface area (TPSA) is 151 Å². The van der Waals surface area contributed by atoms with E-state index in [2.05, 4.69) is 15.2 Å². The maximum absolute atomic E-state index is 12.7. The van der Waals surface area contributed by atoms with E-state index in [1.54, 1.807) is 24.3 Å². The first-order chi connectivity index (χ1) is 15.2. The largest absolute Gasteiger partial charge is 0.478 e. The summed E-state index contributed by atoms with van der Waals surface area (Å²) in [6.07, 6.45) is 1.39. The number of nitrogens with one attached hydrogen (secondary N) is 2. The molecule has 10 nitrogen and oxygen atoms in total. The number of nitro benzene ring substituents is 1. The van der Waals surface area contributed by atoms with Gasteiger partial charge < -0.3 is 5.11 Å². The first-order valence-electron chi connectivity index (χ1n) is 8.85. The third-order valence-corrected chi connectivity index (χ3v) is 5.72. The van der Waals surface area contributed by atoms with Gasteiger partial charge >= 0.3 is 5.97 Å². The molecule has 0 aliphatic carbocycles. The van der Waals surface area contributed by atoms with Gasteiger partial charge in [-0.25, -0.2) is 13.2 Å². The second kappa shape index (κ2) is 9.45. The third-order valence-electron chi connectivity index (χ3n) is 4.13. The van der Waals surface area contributed by atoms with Crippen molar-refractivity contribution in [1.82, 2.24) is 0 Å². The Balaban J connectivity index is 1.88. The van der Waals surface area contributed by atoms with Crippen molar-refractivity contribution in [3.8, 4) is 0 Å². The summed E-state index contributed by atoms with van der Waals surface area (Å²) in [6.45, 7) is 0. The third kappa shape index (κ3) is 5.39. The van der Waals surface area contributed by atoms with Crippen molar-refractivity contribution in [3.05, 3.63) is 93.0 Å². The van der Waals surface area contributed by atoms with E-state index in [9.17, 15) is 28.4 Å². The van der Waals surface area contributed by atoms with E-state index < -0.39 is 31.5 Å². The van der Waals surface area contributed by atoms with E-state index in [4.69, 9.17) is 11.6 Å². The monoisotopic (exact) mass is 474 g/mol. The molecular formula is C20H15ClN4O6S. The minimum absolute atomic E-state index is 0.0434. The first-order valence-corrected chi connectivity index (χ1v) is 10.7. The lowest BCUT2D eigenvalue weighted by molar-refractivity contribution is -0.384. The van der Waals surface area contributed by atoms with Crippen LogP contribution in [-0.4, -0.2) is 30.6 Å². The summed E-state index contributed by atoms with van der Waals surface area (Å²) in [5.41, 5.74) is 2.14. The summed E-state index contributed by atoms with van der Waals surface area (Å²) in [6, 6.07) is 15.3. The van der Waals surface area contributed by atoms with Crippen molar-refractivity contribution < 1.29 is 23.2 Å². The number of sulfonamides is 1. The number of rotatable bonds is 8. The molecule has 0 fully saturated rings. The minimum Gasteiger partial charge on any atom is -0.478 e. The lowest BCUT2D eigenvalue weighted by Gasteiger charge is -2.11. The average Bonchev–Trinajstić information content (AvgIpc) is 2.73. The highest BCUT2D eigenvalue weighted by atomic mass is 35.5. The normalized spacial score (nSPS) is 11.3. The van der Waals surface area contributed by atoms with E-state index in [1.165, 1.54) is 36.5 Å². The highest BCUT2D eigenvalue weighted by Crippen LogP contribution is 2.29. The molecule has 0 saturated heterocycles. The number of anilines is 2. The summed E-state index contributed by atoms with van der Waals surface area (Å²) in [5, 5.41) is 25.1. The Morgan fingerprint density at radius 1 is 1.06 bits per heavy atom. The molecule has 3 aromatic carbocycles. The van der Waals surface area contributed by atoms with Gasteiger partial charge in [0.05, 0.1) is 27.3 Å². The van der Waals surface area contributed by atoms with Gasteiger partial charge in [0.1, 0.15) is 5.69 Å². The molecule has 32 heavy (non-hydrogen) atoms. The van der Waals surface area contributed by atoms with Crippen molar-refractivity contribution in [2.45, 2.75) is 4.90 Å². The molecule has 0 spiro atoms. The van der Waals surface area contributed by atoms with Crippen LogP contribution in [0.25, 0.3) is 0 Å². The molecule has 0 heterocycles. The molecular weight excluding hydrogens is 460 g/mol. The number of hydrazone groups is 1. The van der Waals surface area contributed by atoms with Crippen LogP contribution >= 0.6 is 11.6 Å². The highest BCUT2D eigenvalue weighted by molar-refractivity contribution is 7.92. The molecule has 164 valence electrons. The van der Waals surface area contributed by atoms with Gasteiger partial charge in [-0.15, -0.1) is 0 Å². The number of para-hydroxylation sites is 1. The van der Waals surface area contributed by atoms with Crippen LogP contribution in [0.4, 0.5) is 17.1 Å². The number of benzene rings is 3. The number of hydrogen-bond acceptors (Lipinski definition) is 7. The number of carboxylic acids is 1. The number of halogens is 1. The summed E-state index contributed by atoms with van der Waals surface area (Å²) in [5.74, 6) is -1.33. The molecule has 0 amide bonds. The zero-order chi connectivity index (χ0) is 23.3. The van der Waals surface area contributed by atoms with Gasteiger partial charge in [-0.2, -0.15) is 5.10 Å². The average molecular weight is 475 g/mol. The van der Waals surface area contributed by atoms with Crippen molar-refractivity contribution in [2.24, 2.45) is 5.10 Å². The molecule has 0 radical (unpaired) electrons. The van der Waals surface area contributed by atoms with E-state index >= 15 is 0 Å². The number of nitrogens with zero attached hydrogens (tertiary/aromatic N) is 2. The fraction of sp³-hybridized carbons (Fsp3) is 0. The number of hydrogen-bond donors (Lipinski definition) is 3. The van der Waals surface area contributed by atoms with E-state index in [-0.39, 0.29) is 16.9 Å². The summed E-state index contributed by atoms with van der Waals surface area (Å²) in [7, 11) is -4.31. The Morgan fingerprint density at radius 3 is 2.50 bits per heavy atom. The molecule has 0 bridgehead atoms.